The zero-order valence-corrected chi connectivity index (χ0v) is 13.7. The minimum atomic E-state index is 0.216. The quantitative estimate of drug-likeness (QED) is 0.624. The number of fused-ring (bicyclic) bond motifs is 1. The van der Waals surface area contributed by atoms with Crippen LogP contribution in [0.4, 0.5) is 0 Å². The zero-order valence-electron chi connectivity index (χ0n) is 12.9. The molecular weight excluding hydrogens is 260 g/mol. The third-order valence-electron chi connectivity index (χ3n) is 4.28. The van der Waals surface area contributed by atoms with Crippen LogP contribution in [0.3, 0.4) is 0 Å². The van der Waals surface area contributed by atoms with Crippen LogP contribution >= 0.6 is 0 Å². The average molecular weight is 285 g/mol. The van der Waals surface area contributed by atoms with E-state index in [1.807, 2.05) is 0 Å². The number of hydrogen-bond acceptors (Lipinski definition) is 0. The summed E-state index contributed by atoms with van der Waals surface area (Å²) in [6.07, 6.45) is 4.26. The van der Waals surface area contributed by atoms with Gasteiger partial charge in [0.15, 0.2) is 4.90 Å². The Labute approximate surface area is 125 Å². The summed E-state index contributed by atoms with van der Waals surface area (Å²) in [5.74, 6) is 2.80. The van der Waals surface area contributed by atoms with Crippen LogP contribution in [-0.2, 0) is 16.3 Å². The molecule has 2 aromatic rings. The van der Waals surface area contributed by atoms with Crippen molar-refractivity contribution in [2.75, 3.05) is 11.5 Å². The Hall–Kier alpha value is -0.950. The van der Waals surface area contributed by atoms with E-state index in [1.165, 1.54) is 47.1 Å². The van der Waals surface area contributed by atoms with Crippen molar-refractivity contribution in [3.05, 3.63) is 42.0 Å². The monoisotopic (exact) mass is 285 g/mol. The molecule has 0 saturated carbocycles. The lowest BCUT2D eigenvalue weighted by Gasteiger charge is -2.23. The Morgan fingerprint density at radius 1 is 0.800 bits per heavy atom. The van der Waals surface area contributed by atoms with Crippen LogP contribution in [-0.4, -0.2) is 11.5 Å². The molecule has 0 nitrogen and oxygen atoms in total. The Morgan fingerprint density at radius 2 is 1.45 bits per heavy atom. The Bertz CT molecular complexity index is 601. The molecule has 0 amide bonds. The Kier molecular flexibility index (Phi) is 3.81. The molecule has 1 saturated heterocycles. The summed E-state index contributed by atoms with van der Waals surface area (Å²) in [5.41, 5.74) is 1.70. The van der Waals surface area contributed by atoms with Gasteiger partial charge in [0.1, 0.15) is 11.5 Å². The standard InChI is InChI=1S/C19H25S/c1-19(2,3)17-11-12-18(20-13-7-4-8-14-20)16-10-6-5-9-15(16)17/h5-6,9-12H,4,7-8,13-14H2,1-3H3/q+1. The summed E-state index contributed by atoms with van der Waals surface area (Å²) < 4.78 is 0. The first kappa shape index (κ1) is 14.0. The molecule has 1 aliphatic rings. The van der Waals surface area contributed by atoms with Crippen molar-refractivity contribution in [3.63, 3.8) is 0 Å². The Morgan fingerprint density at radius 3 is 2.10 bits per heavy atom. The average Bonchev–Trinajstić information content (AvgIpc) is 2.46. The van der Waals surface area contributed by atoms with Crippen molar-refractivity contribution >= 4 is 21.7 Å². The number of hydrogen-bond donors (Lipinski definition) is 0. The van der Waals surface area contributed by atoms with E-state index in [1.54, 1.807) is 4.90 Å². The van der Waals surface area contributed by atoms with Crippen molar-refractivity contribution in [1.29, 1.82) is 0 Å². The third kappa shape index (κ3) is 2.61. The van der Waals surface area contributed by atoms with Crippen LogP contribution in [0.2, 0.25) is 0 Å². The second-order valence-electron chi connectivity index (χ2n) is 6.87. The highest BCUT2D eigenvalue weighted by Gasteiger charge is 2.28. The van der Waals surface area contributed by atoms with Gasteiger partial charge in [-0.15, -0.1) is 0 Å². The Balaban J connectivity index is 2.16. The van der Waals surface area contributed by atoms with E-state index in [4.69, 9.17) is 0 Å². The summed E-state index contributed by atoms with van der Waals surface area (Å²) >= 11 is 0. The molecule has 0 aromatic heterocycles. The zero-order chi connectivity index (χ0) is 14.2. The lowest BCUT2D eigenvalue weighted by Crippen LogP contribution is -2.19. The van der Waals surface area contributed by atoms with E-state index in [-0.39, 0.29) is 5.41 Å². The summed E-state index contributed by atoms with van der Waals surface area (Å²) in [5, 5.41) is 2.97. The van der Waals surface area contributed by atoms with Crippen molar-refractivity contribution in [2.45, 2.75) is 50.3 Å². The van der Waals surface area contributed by atoms with Gasteiger partial charge in [0.25, 0.3) is 0 Å². The molecule has 1 heterocycles. The van der Waals surface area contributed by atoms with Crippen LogP contribution < -0.4 is 0 Å². The van der Waals surface area contributed by atoms with Gasteiger partial charge in [-0.25, -0.2) is 0 Å². The second-order valence-corrected chi connectivity index (χ2v) is 9.11. The fraction of sp³-hybridized carbons (Fsp3) is 0.474. The van der Waals surface area contributed by atoms with E-state index in [2.05, 4.69) is 57.2 Å². The molecule has 2 aromatic carbocycles. The van der Waals surface area contributed by atoms with E-state index in [0.29, 0.717) is 10.9 Å². The molecule has 0 spiro atoms. The predicted molar refractivity (Wildman–Crippen MR) is 91.9 cm³/mol. The maximum atomic E-state index is 2.43. The third-order valence-corrected chi connectivity index (χ3v) is 6.83. The molecule has 0 bridgehead atoms. The van der Waals surface area contributed by atoms with Crippen LogP contribution in [0.5, 0.6) is 0 Å². The fourth-order valence-corrected chi connectivity index (χ4v) is 5.73. The molecular formula is C19H25S+. The van der Waals surface area contributed by atoms with Gasteiger partial charge in [-0.3, -0.25) is 0 Å². The largest absolute Gasteiger partial charge is 0.162 e. The minimum Gasteiger partial charge on any atom is -0.0616 e. The molecule has 1 fully saturated rings. The van der Waals surface area contributed by atoms with Gasteiger partial charge in [0.2, 0.25) is 0 Å². The fourth-order valence-electron chi connectivity index (χ4n) is 3.23. The molecule has 0 unspecified atom stereocenters. The van der Waals surface area contributed by atoms with Gasteiger partial charge in [-0.05, 0) is 47.8 Å². The van der Waals surface area contributed by atoms with Gasteiger partial charge in [0, 0.05) is 16.3 Å². The van der Waals surface area contributed by atoms with Gasteiger partial charge >= 0.3 is 0 Å². The summed E-state index contributed by atoms with van der Waals surface area (Å²) in [6.45, 7) is 6.95. The summed E-state index contributed by atoms with van der Waals surface area (Å²) in [7, 11) is 0.482. The number of rotatable bonds is 1. The van der Waals surface area contributed by atoms with Crippen LogP contribution in [0.1, 0.15) is 45.6 Å². The first-order valence-corrected chi connectivity index (χ1v) is 9.33. The highest BCUT2D eigenvalue weighted by Crippen LogP contribution is 2.35. The maximum Gasteiger partial charge on any atom is 0.162 e. The first-order chi connectivity index (χ1) is 9.57. The molecule has 3 rings (SSSR count). The van der Waals surface area contributed by atoms with Crippen molar-refractivity contribution < 1.29 is 0 Å². The van der Waals surface area contributed by atoms with E-state index in [0.717, 1.165) is 0 Å². The van der Waals surface area contributed by atoms with E-state index in [9.17, 15) is 0 Å². The molecule has 0 N–H and O–H groups in total. The first-order valence-electron chi connectivity index (χ1n) is 7.77. The maximum absolute atomic E-state index is 2.43. The molecule has 0 radical (unpaired) electrons. The van der Waals surface area contributed by atoms with Gasteiger partial charge in [-0.2, -0.15) is 0 Å². The second kappa shape index (κ2) is 5.44. The summed E-state index contributed by atoms with van der Waals surface area (Å²) in [4.78, 5) is 1.62. The van der Waals surface area contributed by atoms with Gasteiger partial charge < -0.3 is 0 Å². The normalized spacial score (nSPS) is 17.6. The molecule has 106 valence electrons. The van der Waals surface area contributed by atoms with Crippen LogP contribution in [0.25, 0.3) is 10.8 Å². The van der Waals surface area contributed by atoms with E-state index >= 15 is 0 Å². The van der Waals surface area contributed by atoms with Crippen molar-refractivity contribution in [2.24, 2.45) is 0 Å². The highest BCUT2D eigenvalue weighted by molar-refractivity contribution is 7.97. The lowest BCUT2D eigenvalue weighted by atomic mass is 9.84. The molecule has 1 heteroatoms. The smallest absolute Gasteiger partial charge is 0.0616 e. The lowest BCUT2D eigenvalue weighted by molar-refractivity contribution is 0.595. The predicted octanol–water partition coefficient (Wildman–Crippen LogP) is 5.30. The van der Waals surface area contributed by atoms with Crippen molar-refractivity contribution in [1.82, 2.24) is 0 Å². The van der Waals surface area contributed by atoms with Gasteiger partial charge in [-0.1, -0.05) is 45.0 Å². The minimum absolute atomic E-state index is 0.216. The SMILES string of the molecule is CC(C)(C)c1ccc([S+]2CCCCC2)c2ccccc12. The molecule has 0 atom stereocenters. The molecule has 0 aliphatic carbocycles. The molecule has 20 heavy (non-hydrogen) atoms. The van der Waals surface area contributed by atoms with Crippen LogP contribution in [0.15, 0.2) is 41.3 Å². The van der Waals surface area contributed by atoms with E-state index < -0.39 is 0 Å². The van der Waals surface area contributed by atoms with Crippen LogP contribution in [0, 0.1) is 0 Å². The molecule has 1 aliphatic heterocycles. The topological polar surface area (TPSA) is 0 Å². The summed E-state index contributed by atoms with van der Waals surface area (Å²) in [6, 6.07) is 13.8. The van der Waals surface area contributed by atoms with Crippen molar-refractivity contribution in [3.8, 4) is 0 Å². The highest BCUT2D eigenvalue weighted by atomic mass is 32.2. The number of benzene rings is 2. The van der Waals surface area contributed by atoms with Gasteiger partial charge in [0.05, 0.1) is 0 Å².